The zero-order valence-corrected chi connectivity index (χ0v) is 12.0. The Balaban J connectivity index is 2.06. The number of aromatic nitrogens is 1. The molecule has 1 N–H and O–H groups in total. The first-order chi connectivity index (χ1) is 8.15. The summed E-state index contributed by atoms with van der Waals surface area (Å²) in [5.41, 5.74) is 1.12. The molecule has 1 heterocycles. The van der Waals surface area contributed by atoms with Crippen LogP contribution in [0.25, 0.3) is 0 Å². The molecule has 1 aromatic heterocycles. The number of halogens is 1. The molecule has 17 heavy (non-hydrogen) atoms. The summed E-state index contributed by atoms with van der Waals surface area (Å²) in [5.74, 6) is 0.783. The lowest BCUT2D eigenvalue weighted by Crippen LogP contribution is -2.27. The quantitative estimate of drug-likeness (QED) is 0.906. The van der Waals surface area contributed by atoms with E-state index in [0.717, 1.165) is 35.3 Å². The van der Waals surface area contributed by atoms with E-state index >= 15 is 0 Å². The fraction of sp³-hybridized carbons (Fsp3) is 0.615. The smallest absolute Gasteiger partial charge is 0.218 e. The van der Waals surface area contributed by atoms with Crippen molar-refractivity contribution >= 4 is 15.9 Å². The number of nitrogens with zero attached hydrogens (tertiary/aromatic N) is 1. The second kappa shape index (κ2) is 5.83. The van der Waals surface area contributed by atoms with Crippen LogP contribution in [0, 0.1) is 0 Å². The summed E-state index contributed by atoms with van der Waals surface area (Å²) >= 11 is 3.45. The normalized spacial score (nSPS) is 16.0. The molecular formula is C13H19BrN2O. The Labute approximate surface area is 111 Å². The SMILES string of the molecule is CC(C)NCc1cc(Br)cnc1OC1CCC1. The van der Waals surface area contributed by atoms with Gasteiger partial charge in [0.25, 0.3) is 0 Å². The highest BCUT2D eigenvalue weighted by molar-refractivity contribution is 9.10. The molecule has 0 spiro atoms. The maximum atomic E-state index is 5.90. The second-order valence-corrected chi connectivity index (χ2v) is 5.74. The first kappa shape index (κ1) is 12.8. The largest absolute Gasteiger partial charge is 0.474 e. The summed E-state index contributed by atoms with van der Waals surface area (Å²) in [6, 6.07) is 2.54. The topological polar surface area (TPSA) is 34.2 Å². The van der Waals surface area contributed by atoms with Gasteiger partial charge < -0.3 is 10.1 Å². The summed E-state index contributed by atoms with van der Waals surface area (Å²) in [6.07, 6.45) is 5.78. The van der Waals surface area contributed by atoms with Crippen LogP contribution in [0.1, 0.15) is 38.7 Å². The van der Waals surface area contributed by atoms with E-state index in [-0.39, 0.29) is 0 Å². The monoisotopic (exact) mass is 298 g/mol. The van der Waals surface area contributed by atoms with Crippen molar-refractivity contribution in [2.75, 3.05) is 0 Å². The molecule has 0 unspecified atom stereocenters. The third kappa shape index (κ3) is 3.68. The minimum Gasteiger partial charge on any atom is -0.474 e. The molecule has 3 nitrogen and oxygen atoms in total. The minimum atomic E-state index is 0.376. The van der Waals surface area contributed by atoms with Crippen LogP contribution in [0.2, 0.25) is 0 Å². The van der Waals surface area contributed by atoms with Crippen molar-refractivity contribution in [3.63, 3.8) is 0 Å². The van der Waals surface area contributed by atoms with Crippen LogP contribution in [0.15, 0.2) is 16.7 Å². The number of hydrogen-bond acceptors (Lipinski definition) is 3. The summed E-state index contributed by atoms with van der Waals surface area (Å²) in [7, 11) is 0. The molecule has 2 rings (SSSR count). The van der Waals surface area contributed by atoms with E-state index in [1.165, 1.54) is 6.42 Å². The van der Waals surface area contributed by atoms with Crippen molar-refractivity contribution in [3.05, 3.63) is 22.3 Å². The van der Waals surface area contributed by atoms with Gasteiger partial charge in [-0.05, 0) is 41.3 Å². The van der Waals surface area contributed by atoms with E-state index in [1.807, 2.05) is 0 Å². The van der Waals surface area contributed by atoms with Crippen LogP contribution >= 0.6 is 15.9 Å². The van der Waals surface area contributed by atoms with E-state index in [1.54, 1.807) is 6.20 Å². The molecule has 0 aromatic carbocycles. The molecule has 0 radical (unpaired) electrons. The van der Waals surface area contributed by atoms with Gasteiger partial charge >= 0.3 is 0 Å². The van der Waals surface area contributed by atoms with Gasteiger partial charge in [-0.1, -0.05) is 13.8 Å². The maximum absolute atomic E-state index is 5.90. The second-order valence-electron chi connectivity index (χ2n) is 4.82. The van der Waals surface area contributed by atoms with Crippen LogP contribution in [0.3, 0.4) is 0 Å². The highest BCUT2D eigenvalue weighted by Crippen LogP contribution is 2.27. The average molecular weight is 299 g/mol. The van der Waals surface area contributed by atoms with Crippen LogP contribution in [0.4, 0.5) is 0 Å². The average Bonchev–Trinajstić information content (AvgIpc) is 2.22. The molecule has 0 amide bonds. The Morgan fingerprint density at radius 2 is 2.29 bits per heavy atom. The number of ether oxygens (including phenoxy) is 1. The molecule has 1 fully saturated rings. The predicted octanol–water partition coefficient (Wildman–Crippen LogP) is 3.27. The lowest BCUT2D eigenvalue weighted by Gasteiger charge is -2.26. The van der Waals surface area contributed by atoms with Crippen molar-refractivity contribution in [1.82, 2.24) is 10.3 Å². The molecule has 4 heteroatoms. The van der Waals surface area contributed by atoms with Gasteiger partial charge in [-0.25, -0.2) is 4.98 Å². The highest BCUT2D eigenvalue weighted by atomic mass is 79.9. The van der Waals surface area contributed by atoms with Crippen LogP contribution < -0.4 is 10.1 Å². The van der Waals surface area contributed by atoms with Crippen LogP contribution in [0.5, 0.6) is 5.88 Å². The van der Waals surface area contributed by atoms with Crippen molar-refractivity contribution in [1.29, 1.82) is 0 Å². The summed E-state index contributed by atoms with van der Waals surface area (Å²) in [4.78, 5) is 4.37. The standard InChI is InChI=1S/C13H19BrN2O/c1-9(2)15-7-10-6-11(14)8-16-13(10)17-12-4-3-5-12/h6,8-9,12,15H,3-5,7H2,1-2H3. The molecule has 94 valence electrons. The predicted molar refractivity (Wildman–Crippen MR) is 72.2 cm³/mol. The Bertz CT molecular complexity index is 378. The Morgan fingerprint density at radius 1 is 1.53 bits per heavy atom. The maximum Gasteiger partial charge on any atom is 0.218 e. The number of hydrogen-bond donors (Lipinski definition) is 1. The number of nitrogens with one attached hydrogen (secondary N) is 1. The van der Waals surface area contributed by atoms with Gasteiger partial charge in [-0.3, -0.25) is 0 Å². The van der Waals surface area contributed by atoms with Crippen molar-refractivity contribution in [3.8, 4) is 5.88 Å². The van der Waals surface area contributed by atoms with Crippen molar-refractivity contribution < 1.29 is 4.74 Å². The van der Waals surface area contributed by atoms with E-state index < -0.39 is 0 Å². The van der Waals surface area contributed by atoms with E-state index in [2.05, 4.69) is 46.1 Å². The zero-order chi connectivity index (χ0) is 12.3. The molecule has 0 bridgehead atoms. The zero-order valence-electron chi connectivity index (χ0n) is 10.4. The van der Waals surface area contributed by atoms with Gasteiger partial charge in [0.15, 0.2) is 0 Å². The molecule has 1 aliphatic rings. The van der Waals surface area contributed by atoms with Crippen molar-refractivity contribution in [2.45, 2.75) is 51.8 Å². The van der Waals surface area contributed by atoms with Crippen LogP contribution in [-0.4, -0.2) is 17.1 Å². The Kier molecular flexibility index (Phi) is 4.40. The van der Waals surface area contributed by atoms with E-state index in [9.17, 15) is 0 Å². The third-order valence-electron chi connectivity index (χ3n) is 2.92. The van der Waals surface area contributed by atoms with Gasteiger partial charge in [0.2, 0.25) is 5.88 Å². The van der Waals surface area contributed by atoms with Gasteiger partial charge in [0.05, 0.1) is 0 Å². The molecule has 0 aliphatic heterocycles. The number of rotatable bonds is 5. The summed E-state index contributed by atoms with van der Waals surface area (Å²) in [5, 5.41) is 3.40. The minimum absolute atomic E-state index is 0.376. The first-order valence-corrected chi connectivity index (χ1v) is 6.99. The lowest BCUT2D eigenvalue weighted by atomic mass is 9.96. The molecule has 1 aliphatic carbocycles. The molecule has 0 atom stereocenters. The summed E-state index contributed by atoms with van der Waals surface area (Å²) < 4.78 is 6.90. The fourth-order valence-corrected chi connectivity index (χ4v) is 2.04. The van der Waals surface area contributed by atoms with Gasteiger partial charge in [-0.15, -0.1) is 0 Å². The van der Waals surface area contributed by atoms with Gasteiger partial charge in [0, 0.05) is 28.8 Å². The Morgan fingerprint density at radius 3 is 2.88 bits per heavy atom. The van der Waals surface area contributed by atoms with Gasteiger partial charge in [-0.2, -0.15) is 0 Å². The third-order valence-corrected chi connectivity index (χ3v) is 3.36. The number of pyridine rings is 1. The molecular weight excluding hydrogens is 280 g/mol. The van der Waals surface area contributed by atoms with E-state index in [0.29, 0.717) is 12.1 Å². The summed E-state index contributed by atoms with van der Waals surface area (Å²) in [6.45, 7) is 5.07. The lowest BCUT2D eigenvalue weighted by molar-refractivity contribution is 0.113. The fourth-order valence-electron chi connectivity index (χ4n) is 1.66. The van der Waals surface area contributed by atoms with E-state index in [4.69, 9.17) is 4.74 Å². The molecule has 1 aromatic rings. The van der Waals surface area contributed by atoms with Crippen molar-refractivity contribution in [2.24, 2.45) is 0 Å². The Hall–Kier alpha value is -0.610. The van der Waals surface area contributed by atoms with Gasteiger partial charge in [0.1, 0.15) is 6.10 Å². The highest BCUT2D eigenvalue weighted by Gasteiger charge is 2.21. The molecule has 0 saturated heterocycles. The molecule has 1 saturated carbocycles. The first-order valence-electron chi connectivity index (χ1n) is 6.19. The van der Waals surface area contributed by atoms with Crippen LogP contribution in [-0.2, 0) is 6.54 Å².